The Labute approximate surface area is 183 Å². The molecule has 154 valence electrons. The van der Waals surface area contributed by atoms with E-state index in [-0.39, 0.29) is 0 Å². The van der Waals surface area contributed by atoms with E-state index in [2.05, 4.69) is 51.7 Å². The average molecular weight is 438 g/mol. The number of aromatic nitrogens is 5. The summed E-state index contributed by atoms with van der Waals surface area (Å²) < 4.78 is 5.23. The standard InChI is InChI=1S/C21H23N7S2/c1-13-7-18(30-21(13)29-3)26-19-20-23-10-17(15-9-24-27(2)11-15)28(20)12-16(25-19)14-5-4-6-22-8-14/h5,7,9-12,22H,4,6,8H2,1-3H3,(H,25,26). The van der Waals surface area contributed by atoms with Gasteiger partial charge >= 0.3 is 0 Å². The van der Waals surface area contributed by atoms with Crippen molar-refractivity contribution >= 4 is 45.1 Å². The summed E-state index contributed by atoms with van der Waals surface area (Å²) in [5.41, 5.74) is 6.28. The fourth-order valence-corrected chi connectivity index (χ4v) is 5.47. The zero-order chi connectivity index (χ0) is 20.7. The molecule has 0 spiro atoms. The molecule has 4 aromatic heterocycles. The second-order valence-corrected chi connectivity index (χ2v) is 9.45. The molecule has 0 radical (unpaired) electrons. The Hall–Kier alpha value is -2.62. The van der Waals surface area contributed by atoms with E-state index in [0.717, 1.165) is 52.9 Å². The van der Waals surface area contributed by atoms with Gasteiger partial charge in [0.25, 0.3) is 0 Å². The molecule has 5 rings (SSSR count). The molecule has 0 bridgehead atoms. The van der Waals surface area contributed by atoms with Crippen LogP contribution in [0.3, 0.4) is 0 Å². The molecule has 0 saturated heterocycles. The molecule has 0 atom stereocenters. The van der Waals surface area contributed by atoms with Crippen molar-refractivity contribution in [1.82, 2.24) is 29.5 Å². The van der Waals surface area contributed by atoms with Crippen LogP contribution in [0.25, 0.3) is 22.5 Å². The van der Waals surface area contributed by atoms with Crippen molar-refractivity contribution in [3.05, 3.63) is 48.2 Å². The van der Waals surface area contributed by atoms with Crippen molar-refractivity contribution in [2.45, 2.75) is 17.6 Å². The lowest BCUT2D eigenvalue weighted by atomic mass is 10.1. The van der Waals surface area contributed by atoms with E-state index in [9.17, 15) is 0 Å². The maximum absolute atomic E-state index is 4.97. The van der Waals surface area contributed by atoms with E-state index in [1.807, 2.05) is 30.3 Å². The van der Waals surface area contributed by atoms with Crippen LogP contribution in [0.4, 0.5) is 10.8 Å². The summed E-state index contributed by atoms with van der Waals surface area (Å²) in [6.45, 7) is 3.97. The molecule has 0 unspecified atom stereocenters. The van der Waals surface area contributed by atoms with Gasteiger partial charge in [0.1, 0.15) is 0 Å². The van der Waals surface area contributed by atoms with Crippen LogP contribution in [0.15, 0.2) is 41.1 Å². The molecule has 0 saturated carbocycles. The molecule has 2 N–H and O–H groups in total. The first kappa shape index (κ1) is 19.3. The Morgan fingerprint density at radius 3 is 2.87 bits per heavy atom. The molecule has 0 fully saturated rings. The maximum Gasteiger partial charge on any atom is 0.181 e. The van der Waals surface area contributed by atoms with Gasteiger partial charge in [0.2, 0.25) is 0 Å². The van der Waals surface area contributed by atoms with Gasteiger partial charge in [-0.05, 0) is 43.3 Å². The van der Waals surface area contributed by atoms with Crippen LogP contribution < -0.4 is 10.6 Å². The number of rotatable bonds is 5. The zero-order valence-electron chi connectivity index (χ0n) is 17.1. The quantitative estimate of drug-likeness (QED) is 0.453. The van der Waals surface area contributed by atoms with Gasteiger partial charge in [-0.2, -0.15) is 5.10 Å². The first-order valence-electron chi connectivity index (χ1n) is 9.81. The first-order chi connectivity index (χ1) is 14.6. The Kier molecular flexibility index (Phi) is 5.10. The third-order valence-electron chi connectivity index (χ3n) is 5.15. The summed E-state index contributed by atoms with van der Waals surface area (Å²) >= 11 is 3.52. The largest absolute Gasteiger partial charge is 0.329 e. The topological polar surface area (TPSA) is 72.1 Å². The molecule has 4 aromatic rings. The summed E-state index contributed by atoms with van der Waals surface area (Å²) in [6.07, 6.45) is 13.2. The van der Waals surface area contributed by atoms with Gasteiger partial charge in [0.15, 0.2) is 11.5 Å². The smallest absolute Gasteiger partial charge is 0.181 e. The predicted octanol–water partition coefficient (Wildman–Crippen LogP) is 4.34. The Morgan fingerprint density at radius 1 is 1.27 bits per heavy atom. The molecule has 5 heterocycles. The van der Waals surface area contributed by atoms with Crippen molar-refractivity contribution in [1.29, 1.82) is 0 Å². The van der Waals surface area contributed by atoms with Gasteiger partial charge in [0, 0.05) is 31.5 Å². The normalized spacial score (nSPS) is 14.3. The Balaban J connectivity index is 1.65. The summed E-state index contributed by atoms with van der Waals surface area (Å²) in [5, 5.41) is 12.4. The Bertz CT molecular complexity index is 1250. The van der Waals surface area contributed by atoms with Crippen molar-refractivity contribution in [3.63, 3.8) is 0 Å². The van der Waals surface area contributed by atoms with Crippen molar-refractivity contribution in [2.24, 2.45) is 7.05 Å². The number of nitrogens with zero attached hydrogens (tertiary/aromatic N) is 5. The number of thioether (sulfide) groups is 1. The SMILES string of the molecule is CSc1sc(Nc2nc(C3=CCCNC3)cn3c(-c4cnn(C)c4)cnc23)cc1C. The maximum atomic E-state index is 4.97. The van der Waals surface area contributed by atoms with Gasteiger partial charge < -0.3 is 10.6 Å². The lowest BCUT2D eigenvalue weighted by Crippen LogP contribution is -2.22. The van der Waals surface area contributed by atoms with Crippen LogP contribution in [-0.2, 0) is 7.05 Å². The first-order valence-corrected chi connectivity index (χ1v) is 11.8. The van der Waals surface area contributed by atoms with E-state index >= 15 is 0 Å². The number of imidazole rings is 1. The van der Waals surface area contributed by atoms with Crippen LogP contribution in [0.5, 0.6) is 0 Å². The molecule has 0 aliphatic carbocycles. The minimum atomic E-state index is 0.767. The lowest BCUT2D eigenvalue weighted by Gasteiger charge is -2.16. The monoisotopic (exact) mass is 437 g/mol. The second kappa shape index (κ2) is 7.90. The highest BCUT2D eigenvalue weighted by molar-refractivity contribution is 8.00. The number of thiophene rings is 1. The van der Waals surface area contributed by atoms with E-state index < -0.39 is 0 Å². The average Bonchev–Trinajstić information content (AvgIpc) is 3.46. The highest BCUT2D eigenvalue weighted by Gasteiger charge is 2.17. The fourth-order valence-electron chi connectivity index (χ4n) is 3.68. The highest BCUT2D eigenvalue weighted by atomic mass is 32.2. The van der Waals surface area contributed by atoms with E-state index in [0.29, 0.717) is 0 Å². The highest BCUT2D eigenvalue weighted by Crippen LogP contribution is 2.36. The number of nitrogens with one attached hydrogen (secondary N) is 2. The molecular formula is C21H23N7S2. The molecule has 30 heavy (non-hydrogen) atoms. The zero-order valence-corrected chi connectivity index (χ0v) is 18.8. The molecule has 1 aliphatic heterocycles. The molecule has 0 aromatic carbocycles. The van der Waals surface area contributed by atoms with E-state index in [1.54, 1.807) is 23.1 Å². The van der Waals surface area contributed by atoms with Crippen molar-refractivity contribution in [2.75, 3.05) is 24.7 Å². The molecular weight excluding hydrogens is 414 g/mol. The number of fused-ring (bicyclic) bond motifs is 1. The predicted molar refractivity (Wildman–Crippen MR) is 125 cm³/mol. The van der Waals surface area contributed by atoms with Crippen LogP contribution >= 0.6 is 23.1 Å². The second-order valence-electron chi connectivity index (χ2n) is 7.32. The number of anilines is 2. The molecule has 7 nitrogen and oxygen atoms in total. The Morgan fingerprint density at radius 2 is 2.17 bits per heavy atom. The summed E-state index contributed by atoms with van der Waals surface area (Å²) in [6, 6.07) is 2.17. The summed E-state index contributed by atoms with van der Waals surface area (Å²) in [4.78, 5) is 9.67. The third-order valence-corrected chi connectivity index (χ3v) is 7.54. The number of hydrogen-bond acceptors (Lipinski definition) is 7. The van der Waals surface area contributed by atoms with Gasteiger partial charge in [-0.1, -0.05) is 6.08 Å². The van der Waals surface area contributed by atoms with Crippen LogP contribution in [0.1, 0.15) is 17.7 Å². The molecule has 1 aliphatic rings. The number of hydrogen-bond donors (Lipinski definition) is 2. The van der Waals surface area contributed by atoms with Gasteiger partial charge in [0.05, 0.1) is 33.0 Å². The molecule has 9 heteroatoms. The van der Waals surface area contributed by atoms with E-state index in [1.165, 1.54) is 15.3 Å². The van der Waals surface area contributed by atoms with Crippen LogP contribution in [0.2, 0.25) is 0 Å². The lowest BCUT2D eigenvalue weighted by molar-refractivity contribution is 0.737. The number of aryl methyl sites for hydroxylation is 2. The summed E-state index contributed by atoms with van der Waals surface area (Å²) in [5.74, 6) is 0.767. The minimum Gasteiger partial charge on any atom is -0.329 e. The van der Waals surface area contributed by atoms with Crippen molar-refractivity contribution in [3.8, 4) is 11.3 Å². The van der Waals surface area contributed by atoms with Crippen molar-refractivity contribution < 1.29 is 0 Å². The molecule has 0 amide bonds. The minimum absolute atomic E-state index is 0.767. The van der Waals surface area contributed by atoms with Gasteiger partial charge in [-0.3, -0.25) is 9.08 Å². The third kappa shape index (κ3) is 3.53. The summed E-state index contributed by atoms with van der Waals surface area (Å²) in [7, 11) is 1.92. The van der Waals surface area contributed by atoms with Crippen LogP contribution in [-0.4, -0.2) is 43.5 Å². The van der Waals surface area contributed by atoms with Gasteiger partial charge in [-0.15, -0.1) is 23.1 Å². The van der Waals surface area contributed by atoms with Crippen LogP contribution in [0, 0.1) is 6.92 Å². The van der Waals surface area contributed by atoms with E-state index in [4.69, 9.17) is 9.97 Å². The fraction of sp³-hybridized carbons (Fsp3) is 0.286. The van der Waals surface area contributed by atoms with Gasteiger partial charge in [-0.25, -0.2) is 9.97 Å².